The van der Waals surface area contributed by atoms with Crippen LogP contribution in [0.3, 0.4) is 0 Å². The Morgan fingerprint density at radius 1 is 1.11 bits per heavy atom. The minimum absolute atomic E-state index is 0.0503. The van der Waals surface area contributed by atoms with E-state index in [0.717, 1.165) is 5.56 Å². The lowest BCUT2D eigenvalue weighted by atomic mass is 10.1. The van der Waals surface area contributed by atoms with E-state index in [-0.39, 0.29) is 36.3 Å². The molecule has 0 spiro atoms. The lowest BCUT2D eigenvalue weighted by Gasteiger charge is -2.27. The fourth-order valence-corrected chi connectivity index (χ4v) is 4.05. The normalized spacial score (nSPS) is 25.6. The second-order valence-electron chi connectivity index (χ2n) is 7.38. The SMILES string of the molecule is O=C([C@@H]1[C@@H](C=N[C@@H](CO)c2ccccc2)[C@@H]1c1ccccc1)N1CCOCC1. The van der Waals surface area contributed by atoms with Gasteiger partial charge in [0.2, 0.25) is 5.91 Å². The van der Waals surface area contributed by atoms with Gasteiger partial charge in [0.25, 0.3) is 0 Å². The number of nitrogens with zero attached hydrogens (tertiary/aromatic N) is 2. The van der Waals surface area contributed by atoms with E-state index in [2.05, 4.69) is 17.1 Å². The summed E-state index contributed by atoms with van der Waals surface area (Å²) in [6.45, 7) is 2.47. The molecule has 4 rings (SSSR count). The second kappa shape index (κ2) is 8.67. The number of carbonyl (C=O) groups excluding carboxylic acids is 1. The summed E-state index contributed by atoms with van der Waals surface area (Å²) in [4.78, 5) is 19.7. The Balaban J connectivity index is 1.53. The molecule has 2 fully saturated rings. The molecule has 1 aliphatic carbocycles. The van der Waals surface area contributed by atoms with Crippen molar-refractivity contribution in [3.05, 3.63) is 71.8 Å². The van der Waals surface area contributed by atoms with Gasteiger partial charge < -0.3 is 14.7 Å². The second-order valence-corrected chi connectivity index (χ2v) is 7.38. The van der Waals surface area contributed by atoms with Crippen LogP contribution < -0.4 is 0 Å². The van der Waals surface area contributed by atoms with Gasteiger partial charge in [-0.25, -0.2) is 0 Å². The van der Waals surface area contributed by atoms with Gasteiger partial charge in [0.15, 0.2) is 0 Å². The molecule has 1 N–H and O–H groups in total. The van der Waals surface area contributed by atoms with Crippen LogP contribution in [0.15, 0.2) is 65.7 Å². The Bertz CT molecular complexity index is 803. The van der Waals surface area contributed by atoms with E-state index in [0.29, 0.717) is 26.3 Å². The molecular weight excluding hydrogens is 352 g/mol. The van der Waals surface area contributed by atoms with Crippen molar-refractivity contribution in [2.45, 2.75) is 12.0 Å². The van der Waals surface area contributed by atoms with E-state index >= 15 is 0 Å². The summed E-state index contributed by atoms with van der Waals surface area (Å²) in [6.07, 6.45) is 1.90. The van der Waals surface area contributed by atoms with Crippen molar-refractivity contribution in [1.82, 2.24) is 4.90 Å². The van der Waals surface area contributed by atoms with Crippen molar-refractivity contribution in [3.8, 4) is 0 Å². The van der Waals surface area contributed by atoms with E-state index in [1.165, 1.54) is 5.56 Å². The number of ether oxygens (including phenoxy) is 1. The summed E-state index contributed by atoms with van der Waals surface area (Å²) in [5, 5.41) is 9.77. The van der Waals surface area contributed by atoms with E-state index in [1.807, 2.05) is 59.6 Å². The quantitative estimate of drug-likeness (QED) is 0.786. The summed E-state index contributed by atoms with van der Waals surface area (Å²) in [5.41, 5.74) is 2.15. The van der Waals surface area contributed by atoms with Gasteiger partial charge in [-0.15, -0.1) is 0 Å². The summed E-state index contributed by atoms with van der Waals surface area (Å²) < 4.78 is 5.38. The van der Waals surface area contributed by atoms with Crippen molar-refractivity contribution >= 4 is 12.1 Å². The Kier molecular flexibility index (Phi) is 5.84. The first-order chi connectivity index (χ1) is 13.8. The molecule has 2 aromatic carbocycles. The van der Waals surface area contributed by atoms with E-state index < -0.39 is 0 Å². The number of aliphatic imine (C=N–C) groups is 1. The molecule has 4 atom stereocenters. The minimum Gasteiger partial charge on any atom is -0.394 e. The minimum atomic E-state index is -0.294. The number of rotatable bonds is 6. The molecule has 5 heteroatoms. The maximum Gasteiger partial charge on any atom is 0.227 e. The van der Waals surface area contributed by atoms with Gasteiger partial charge >= 0.3 is 0 Å². The van der Waals surface area contributed by atoms with E-state index in [1.54, 1.807) is 0 Å². The first-order valence-corrected chi connectivity index (χ1v) is 9.90. The van der Waals surface area contributed by atoms with Gasteiger partial charge in [-0.3, -0.25) is 9.79 Å². The van der Waals surface area contributed by atoms with Crippen molar-refractivity contribution in [3.63, 3.8) is 0 Å². The topological polar surface area (TPSA) is 62.1 Å². The van der Waals surface area contributed by atoms with Crippen molar-refractivity contribution in [2.24, 2.45) is 16.8 Å². The summed E-state index contributed by atoms with van der Waals surface area (Å²) >= 11 is 0. The van der Waals surface area contributed by atoms with Crippen LogP contribution in [0.4, 0.5) is 0 Å². The van der Waals surface area contributed by atoms with Gasteiger partial charge in [0.1, 0.15) is 0 Å². The molecule has 0 aromatic heterocycles. The van der Waals surface area contributed by atoms with Crippen molar-refractivity contribution in [1.29, 1.82) is 0 Å². The Labute approximate surface area is 165 Å². The molecule has 2 aliphatic rings. The zero-order valence-corrected chi connectivity index (χ0v) is 15.9. The number of amides is 1. The fourth-order valence-electron chi connectivity index (χ4n) is 4.05. The highest BCUT2D eigenvalue weighted by Gasteiger charge is 2.55. The molecule has 0 bridgehead atoms. The largest absolute Gasteiger partial charge is 0.394 e. The van der Waals surface area contributed by atoms with Crippen LogP contribution >= 0.6 is 0 Å². The molecule has 1 amide bonds. The van der Waals surface area contributed by atoms with Crippen molar-refractivity contribution in [2.75, 3.05) is 32.9 Å². The van der Waals surface area contributed by atoms with Gasteiger partial charge in [0.05, 0.1) is 31.8 Å². The van der Waals surface area contributed by atoms with Crippen LogP contribution in [0.2, 0.25) is 0 Å². The fraction of sp³-hybridized carbons (Fsp3) is 0.391. The highest BCUT2D eigenvalue weighted by atomic mass is 16.5. The molecule has 1 aliphatic heterocycles. The first kappa shape index (κ1) is 18.8. The van der Waals surface area contributed by atoms with Gasteiger partial charge in [-0.1, -0.05) is 60.7 Å². The third kappa shape index (κ3) is 4.01. The first-order valence-electron chi connectivity index (χ1n) is 9.90. The molecular formula is C23H26N2O3. The zero-order chi connectivity index (χ0) is 19.3. The number of morpholine rings is 1. The average Bonchev–Trinajstić information content (AvgIpc) is 3.50. The molecule has 1 saturated carbocycles. The van der Waals surface area contributed by atoms with Gasteiger partial charge in [0, 0.05) is 31.1 Å². The maximum absolute atomic E-state index is 13.1. The lowest BCUT2D eigenvalue weighted by Crippen LogP contribution is -2.42. The summed E-state index contributed by atoms with van der Waals surface area (Å²) in [6, 6.07) is 19.7. The van der Waals surface area contributed by atoms with Crippen LogP contribution in [-0.2, 0) is 9.53 Å². The number of carbonyl (C=O) groups is 1. The lowest BCUT2D eigenvalue weighted by molar-refractivity contribution is -0.136. The monoisotopic (exact) mass is 378 g/mol. The molecule has 0 unspecified atom stereocenters. The number of benzene rings is 2. The van der Waals surface area contributed by atoms with Crippen LogP contribution in [0.5, 0.6) is 0 Å². The highest BCUT2D eigenvalue weighted by Crippen LogP contribution is 2.54. The number of aliphatic hydroxyl groups excluding tert-OH is 1. The molecule has 5 nitrogen and oxygen atoms in total. The third-order valence-electron chi connectivity index (χ3n) is 5.66. The van der Waals surface area contributed by atoms with Crippen molar-refractivity contribution < 1.29 is 14.6 Å². The summed E-state index contributed by atoms with van der Waals surface area (Å²) in [7, 11) is 0. The molecule has 1 heterocycles. The van der Waals surface area contributed by atoms with Crippen LogP contribution in [-0.4, -0.2) is 55.0 Å². The molecule has 2 aromatic rings. The number of hydrogen-bond donors (Lipinski definition) is 1. The zero-order valence-electron chi connectivity index (χ0n) is 15.9. The molecule has 28 heavy (non-hydrogen) atoms. The molecule has 0 radical (unpaired) electrons. The number of hydrogen-bond acceptors (Lipinski definition) is 4. The Hall–Kier alpha value is -2.50. The average molecular weight is 378 g/mol. The molecule has 146 valence electrons. The predicted octanol–water partition coefficient (Wildman–Crippen LogP) is 2.68. The number of aliphatic hydroxyl groups is 1. The van der Waals surface area contributed by atoms with E-state index in [9.17, 15) is 9.90 Å². The Morgan fingerprint density at radius 3 is 2.39 bits per heavy atom. The van der Waals surface area contributed by atoms with Gasteiger partial charge in [-0.2, -0.15) is 0 Å². The smallest absolute Gasteiger partial charge is 0.227 e. The van der Waals surface area contributed by atoms with Crippen LogP contribution in [0, 0.1) is 11.8 Å². The van der Waals surface area contributed by atoms with E-state index in [4.69, 9.17) is 4.74 Å². The predicted molar refractivity (Wildman–Crippen MR) is 108 cm³/mol. The summed E-state index contributed by atoms with van der Waals surface area (Å²) in [5.74, 6) is 0.319. The van der Waals surface area contributed by atoms with Crippen LogP contribution in [0.25, 0.3) is 0 Å². The van der Waals surface area contributed by atoms with Crippen LogP contribution in [0.1, 0.15) is 23.1 Å². The maximum atomic E-state index is 13.1. The third-order valence-corrected chi connectivity index (χ3v) is 5.66. The standard InChI is InChI=1S/C23H26N2O3/c26-16-20(17-7-3-1-4-8-17)24-15-19-21(18-9-5-2-6-10-18)22(19)23(27)25-11-13-28-14-12-25/h1-10,15,19-22,26H,11-14,16H2/t19-,20-,21-,22+/m0/s1. The van der Waals surface area contributed by atoms with Gasteiger partial charge in [-0.05, 0) is 11.1 Å². The molecule has 1 saturated heterocycles. The Morgan fingerprint density at radius 2 is 1.75 bits per heavy atom. The highest BCUT2D eigenvalue weighted by molar-refractivity contribution is 5.90.